The fourth-order valence-electron chi connectivity index (χ4n) is 2.86. The highest BCUT2D eigenvalue weighted by Gasteiger charge is 2.21. The zero-order valence-electron chi connectivity index (χ0n) is 12.6. The average Bonchev–Trinajstić information content (AvgIpc) is 3.02. The van der Waals surface area contributed by atoms with E-state index in [1.807, 2.05) is 41.3 Å². The predicted octanol–water partition coefficient (Wildman–Crippen LogP) is 1.44. The zero-order chi connectivity index (χ0) is 15.6. The second kappa shape index (κ2) is 5.72. The molecule has 116 valence electrons. The molecule has 23 heavy (non-hydrogen) atoms. The summed E-state index contributed by atoms with van der Waals surface area (Å²) in [5.41, 5.74) is 4.02. The first-order valence-electron chi connectivity index (χ1n) is 7.59. The third kappa shape index (κ3) is 2.63. The van der Waals surface area contributed by atoms with Gasteiger partial charge in [0.15, 0.2) is 6.61 Å². The number of hydrogen-bond acceptors (Lipinski definition) is 4. The molecule has 4 rings (SSSR count). The van der Waals surface area contributed by atoms with Gasteiger partial charge < -0.3 is 9.74 Å². The quantitative estimate of drug-likeness (QED) is 0.735. The van der Waals surface area contributed by atoms with E-state index in [9.17, 15) is 4.79 Å². The van der Waals surface area contributed by atoms with E-state index in [-0.39, 0.29) is 12.5 Å². The van der Waals surface area contributed by atoms with Crippen molar-refractivity contribution in [2.45, 2.75) is 13.0 Å². The van der Waals surface area contributed by atoms with Crippen LogP contribution in [0.4, 0.5) is 0 Å². The number of carbonyl (C=O) groups is 1. The van der Waals surface area contributed by atoms with E-state index in [4.69, 9.17) is 4.84 Å². The molecule has 6 nitrogen and oxygen atoms in total. The van der Waals surface area contributed by atoms with Gasteiger partial charge in [-0.2, -0.15) is 0 Å². The van der Waals surface area contributed by atoms with Crippen molar-refractivity contribution in [1.29, 1.82) is 0 Å². The molecule has 0 aliphatic carbocycles. The van der Waals surface area contributed by atoms with Crippen LogP contribution in [0.5, 0.6) is 0 Å². The van der Waals surface area contributed by atoms with Crippen LogP contribution in [0.1, 0.15) is 11.1 Å². The first-order valence-corrected chi connectivity index (χ1v) is 7.59. The molecule has 0 atom stereocenters. The summed E-state index contributed by atoms with van der Waals surface area (Å²) in [5, 5.41) is 7.92. The Morgan fingerprint density at radius 2 is 1.87 bits per heavy atom. The lowest BCUT2D eigenvalue weighted by Gasteiger charge is -2.28. The van der Waals surface area contributed by atoms with Gasteiger partial charge in [0.05, 0.1) is 0 Å². The van der Waals surface area contributed by atoms with Gasteiger partial charge in [0.2, 0.25) is 0 Å². The molecule has 1 aliphatic rings. The molecule has 1 aromatic heterocycles. The first kappa shape index (κ1) is 13.8. The van der Waals surface area contributed by atoms with E-state index < -0.39 is 0 Å². The summed E-state index contributed by atoms with van der Waals surface area (Å²) in [6.45, 7) is 1.31. The fraction of sp³-hybridized carbons (Fsp3) is 0.235. The van der Waals surface area contributed by atoms with Crippen molar-refractivity contribution in [1.82, 2.24) is 20.1 Å². The number of para-hydroxylation sites is 1. The minimum Gasteiger partial charge on any atom is -0.385 e. The number of amides is 1. The van der Waals surface area contributed by atoms with Crippen molar-refractivity contribution in [2.24, 2.45) is 0 Å². The van der Waals surface area contributed by atoms with Crippen molar-refractivity contribution >= 4 is 16.9 Å². The van der Waals surface area contributed by atoms with E-state index in [1.54, 1.807) is 0 Å². The maximum absolute atomic E-state index is 12.4. The van der Waals surface area contributed by atoms with Gasteiger partial charge in [0.25, 0.3) is 5.91 Å². The number of nitrogens with zero attached hydrogens (tertiary/aromatic N) is 4. The number of benzene rings is 2. The predicted molar refractivity (Wildman–Crippen MR) is 84.5 cm³/mol. The van der Waals surface area contributed by atoms with Crippen LogP contribution in [0, 0.1) is 0 Å². The highest BCUT2D eigenvalue weighted by molar-refractivity contribution is 5.78. The monoisotopic (exact) mass is 308 g/mol. The molecular weight excluding hydrogens is 292 g/mol. The van der Waals surface area contributed by atoms with Crippen molar-refractivity contribution < 1.29 is 9.63 Å². The molecule has 0 radical (unpaired) electrons. The second-order valence-electron chi connectivity index (χ2n) is 5.56. The van der Waals surface area contributed by atoms with Crippen molar-refractivity contribution in [2.75, 3.05) is 13.2 Å². The van der Waals surface area contributed by atoms with Crippen molar-refractivity contribution in [3.8, 4) is 0 Å². The molecule has 0 saturated heterocycles. The van der Waals surface area contributed by atoms with Crippen LogP contribution in [0.25, 0.3) is 11.0 Å². The first-order chi connectivity index (χ1) is 11.3. The molecule has 0 spiro atoms. The van der Waals surface area contributed by atoms with Crippen molar-refractivity contribution in [3.05, 3.63) is 59.7 Å². The van der Waals surface area contributed by atoms with Gasteiger partial charge in [-0.25, -0.2) is 0 Å². The topological polar surface area (TPSA) is 60.3 Å². The van der Waals surface area contributed by atoms with Gasteiger partial charge in [-0.1, -0.05) is 41.2 Å². The van der Waals surface area contributed by atoms with Crippen LogP contribution in [0.15, 0.2) is 48.5 Å². The zero-order valence-corrected chi connectivity index (χ0v) is 12.6. The molecule has 0 unspecified atom stereocenters. The van der Waals surface area contributed by atoms with E-state index >= 15 is 0 Å². The largest absolute Gasteiger partial charge is 0.385 e. The highest BCUT2D eigenvalue weighted by Crippen LogP contribution is 2.18. The number of rotatable bonds is 3. The summed E-state index contributed by atoms with van der Waals surface area (Å²) in [5.74, 6) is -0.0425. The maximum Gasteiger partial charge on any atom is 0.263 e. The maximum atomic E-state index is 12.4. The summed E-state index contributed by atoms with van der Waals surface area (Å²) in [4.78, 5) is 21.0. The molecule has 0 bridgehead atoms. The molecule has 0 N–H and O–H groups in total. The number of aromatic nitrogens is 3. The van der Waals surface area contributed by atoms with Crippen LogP contribution in [-0.2, 0) is 17.8 Å². The third-order valence-corrected chi connectivity index (χ3v) is 4.12. The second-order valence-corrected chi connectivity index (χ2v) is 5.56. The van der Waals surface area contributed by atoms with Gasteiger partial charge in [0, 0.05) is 13.1 Å². The summed E-state index contributed by atoms with van der Waals surface area (Å²) < 4.78 is 0. The summed E-state index contributed by atoms with van der Waals surface area (Å²) in [6.07, 6.45) is 0.883. The minimum atomic E-state index is -0.0461. The summed E-state index contributed by atoms with van der Waals surface area (Å²) in [7, 11) is 0. The third-order valence-electron chi connectivity index (χ3n) is 4.12. The molecule has 0 fully saturated rings. The van der Waals surface area contributed by atoms with Gasteiger partial charge in [-0.05, 0) is 34.9 Å². The Labute approximate surface area is 133 Å². The van der Waals surface area contributed by atoms with Crippen LogP contribution < -0.4 is 4.84 Å². The molecule has 2 aromatic carbocycles. The van der Waals surface area contributed by atoms with Crippen LogP contribution in [0.2, 0.25) is 0 Å². The van der Waals surface area contributed by atoms with Crippen LogP contribution in [0.3, 0.4) is 0 Å². The highest BCUT2D eigenvalue weighted by atomic mass is 16.7. The number of hydrogen-bond donors (Lipinski definition) is 0. The van der Waals surface area contributed by atoms with Crippen molar-refractivity contribution in [3.63, 3.8) is 0 Å². The van der Waals surface area contributed by atoms with Gasteiger partial charge in [0.1, 0.15) is 11.0 Å². The normalized spacial score (nSPS) is 13.8. The molecule has 3 aromatic rings. The SMILES string of the molecule is O=C(COn1nnc2ccccc21)N1CCc2ccccc2C1. The van der Waals surface area contributed by atoms with E-state index in [0.717, 1.165) is 24.0 Å². The Morgan fingerprint density at radius 3 is 2.78 bits per heavy atom. The summed E-state index contributed by atoms with van der Waals surface area (Å²) in [6, 6.07) is 15.7. The number of carbonyl (C=O) groups excluding carboxylic acids is 1. The standard InChI is InChI=1S/C17H16N4O2/c22-17(20-10-9-13-5-1-2-6-14(13)11-20)12-23-21-16-8-4-3-7-15(16)18-19-21/h1-8H,9-12H2. The molecule has 0 saturated carbocycles. The number of fused-ring (bicyclic) bond motifs is 2. The van der Waals surface area contributed by atoms with Gasteiger partial charge in [-0.15, -0.1) is 5.10 Å². The Hall–Kier alpha value is -2.89. The Morgan fingerprint density at radius 1 is 1.09 bits per heavy atom. The van der Waals surface area contributed by atoms with Gasteiger partial charge in [-0.3, -0.25) is 4.79 Å². The lowest BCUT2D eigenvalue weighted by atomic mass is 10.00. The Kier molecular flexibility index (Phi) is 3.42. The molecule has 2 heterocycles. The van der Waals surface area contributed by atoms with Gasteiger partial charge >= 0.3 is 0 Å². The van der Waals surface area contributed by atoms with E-state index in [2.05, 4.69) is 22.4 Å². The van der Waals surface area contributed by atoms with E-state index in [1.165, 1.54) is 16.0 Å². The fourth-order valence-corrected chi connectivity index (χ4v) is 2.86. The minimum absolute atomic E-state index is 0.0425. The van der Waals surface area contributed by atoms with E-state index in [0.29, 0.717) is 6.54 Å². The summed E-state index contributed by atoms with van der Waals surface area (Å²) >= 11 is 0. The Balaban J connectivity index is 1.43. The smallest absolute Gasteiger partial charge is 0.263 e. The lowest BCUT2D eigenvalue weighted by Crippen LogP contribution is -2.40. The lowest BCUT2D eigenvalue weighted by molar-refractivity contribution is -0.137. The molecular formula is C17H16N4O2. The Bertz CT molecular complexity index is 858. The average molecular weight is 308 g/mol. The molecule has 6 heteroatoms. The molecule has 1 amide bonds. The van der Waals surface area contributed by atoms with Crippen LogP contribution >= 0.6 is 0 Å². The van der Waals surface area contributed by atoms with Crippen LogP contribution in [-0.4, -0.2) is 39.1 Å². The molecule has 1 aliphatic heterocycles.